The summed E-state index contributed by atoms with van der Waals surface area (Å²) in [7, 11) is 0. The van der Waals surface area contributed by atoms with Gasteiger partial charge in [-0.25, -0.2) is 0 Å². The van der Waals surface area contributed by atoms with E-state index in [9.17, 15) is 23.4 Å². The zero-order valence-corrected chi connectivity index (χ0v) is 7.67. The minimum absolute atomic E-state index is 0.0303. The number of benzene rings is 1. The fourth-order valence-electron chi connectivity index (χ4n) is 1.54. The van der Waals surface area contributed by atoms with Crippen molar-refractivity contribution in [2.24, 2.45) is 0 Å². The molecule has 5 heteroatoms. The van der Waals surface area contributed by atoms with Gasteiger partial charge in [0.2, 0.25) is 0 Å². The molecule has 1 aromatic carbocycles. The van der Waals surface area contributed by atoms with Crippen LogP contribution in [0, 0.1) is 0 Å². The molecule has 0 aromatic heterocycles. The van der Waals surface area contributed by atoms with Crippen LogP contribution >= 0.6 is 0 Å². The molecule has 0 unspecified atom stereocenters. The maximum Gasteiger partial charge on any atom is 0.419 e. The molecule has 82 valence electrons. The summed E-state index contributed by atoms with van der Waals surface area (Å²) in [6, 6.07) is 3.30. The Morgan fingerprint density at radius 1 is 1.20 bits per heavy atom. The van der Waals surface area contributed by atoms with Crippen LogP contribution in [0.4, 0.5) is 13.2 Å². The number of aliphatic hydroxyl groups is 1. The van der Waals surface area contributed by atoms with E-state index in [-0.39, 0.29) is 5.56 Å². The van der Waals surface area contributed by atoms with Gasteiger partial charge in [0.15, 0.2) is 0 Å². The Hall–Kier alpha value is -1.23. The fourth-order valence-corrected chi connectivity index (χ4v) is 1.54. The van der Waals surface area contributed by atoms with E-state index in [1.165, 1.54) is 12.1 Å². The van der Waals surface area contributed by atoms with Crippen LogP contribution in [-0.2, 0) is 11.8 Å². The molecule has 0 saturated heterocycles. The molecule has 1 aliphatic rings. The summed E-state index contributed by atoms with van der Waals surface area (Å²) >= 11 is 0. The monoisotopic (exact) mass is 218 g/mol. The summed E-state index contributed by atoms with van der Waals surface area (Å²) < 4.78 is 37.2. The third-order valence-corrected chi connectivity index (χ3v) is 2.57. The largest absolute Gasteiger partial charge is 0.507 e. The molecule has 0 heterocycles. The van der Waals surface area contributed by atoms with Gasteiger partial charge < -0.3 is 10.2 Å². The molecule has 1 fully saturated rings. The number of hydrogen-bond donors (Lipinski definition) is 2. The van der Waals surface area contributed by atoms with Gasteiger partial charge in [-0.2, -0.15) is 13.2 Å². The third kappa shape index (κ3) is 1.67. The molecular weight excluding hydrogens is 209 g/mol. The average molecular weight is 218 g/mol. The van der Waals surface area contributed by atoms with Gasteiger partial charge >= 0.3 is 6.18 Å². The number of para-hydroxylation sites is 1. The van der Waals surface area contributed by atoms with Crippen LogP contribution in [0.15, 0.2) is 18.2 Å². The maximum absolute atomic E-state index is 12.4. The van der Waals surface area contributed by atoms with Crippen molar-refractivity contribution in [3.05, 3.63) is 29.3 Å². The summed E-state index contributed by atoms with van der Waals surface area (Å²) in [5, 5.41) is 19.1. The van der Waals surface area contributed by atoms with Crippen molar-refractivity contribution >= 4 is 0 Å². The molecule has 1 saturated carbocycles. The van der Waals surface area contributed by atoms with Gasteiger partial charge in [0.25, 0.3) is 0 Å². The predicted octanol–water partition coefficient (Wildman–Crippen LogP) is 2.39. The Labute approximate surface area is 84.0 Å². The molecule has 0 bridgehead atoms. The standard InChI is InChI=1S/C10H9F3O2/c11-10(12,13)7-3-1-2-6(8(7)14)9(15)4-5-9/h1-3,14-15H,4-5H2. The molecule has 2 nitrogen and oxygen atoms in total. The highest BCUT2D eigenvalue weighted by Crippen LogP contribution is 2.50. The van der Waals surface area contributed by atoms with E-state index >= 15 is 0 Å². The van der Waals surface area contributed by atoms with Crippen molar-refractivity contribution in [1.82, 2.24) is 0 Å². The smallest absolute Gasteiger partial charge is 0.419 e. The van der Waals surface area contributed by atoms with Crippen LogP contribution in [0.25, 0.3) is 0 Å². The van der Waals surface area contributed by atoms with E-state index in [4.69, 9.17) is 0 Å². The second kappa shape index (κ2) is 2.88. The maximum atomic E-state index is 12.4. The van der Waals surface area contributed by atoms with Crippen LogP contribution in [0.5, 0.6) is 5.75 Å². The molecule has 0 radical (unpaired) electrons. The summed E-state index contributed by atoms with van der Waals surface area (Å²) in [6.45, 7) is 0. The molecular formula is C10H9F3O2. The molecule has 0 amide bonds. The number of phenolic OH excluding ortho intramolecular Hbond substituents is 1. The second-order valence-corrected chi connectivity index (χ2v) is 3.73. The van der Waals surface area contributed by atoms with Crippen LogP contribution in [0.1, 0.15) is 24.0 Å². The number of phenols is 1. The van der Waals surface area contributed by atoms with E-state index in [1.54, 1.807) is 0 Å². The van der Waals surface area contributed by atoms with Crippen LogP contribution in [-0.4, -0.2) is 10.2 Å². The van der Waals surface area contributed by atoms with Gasteiger partial charge in [0.05, 0.1) is 11.2 Å². The first-order valence-corrected chi connectivity index (χ1v) is 4.47. The van der Waals surface area contributed by atoms with Crippen molar-refractivity contribution in [1.29, 1.82) is 0 Å². The molecule has 0 aliphatic heterocycles. The zero-order chi connectivity index (χ0) is 11.3. The van der Waals surface area contributed by atoms with E-state index in [1.807, 2.05) is 0 Å². The molecule has 1 aliphatic carbocycles. The molecule has 0 atom stereocenters. The number of rotatable bonds is 1. The SMILES string of the molecule is Oc1c(C(F)(F)F)cccc1C1(O)CC1. The zero-order valence-electron chi connectivity index (χ0n) is 7.67. The van der Waals surface area contributed by atoms with E-state index in [2.05, 4.69) is 0 Å². The second-order valence-electron chi connectivity index (χ2n) is 3.73. The molecule has 1 aromatic rings. The van der Waals surface area contributed by atoms with Gasteiger partial charge in [-0.3, -0.25) is 0 Å². The van der Waals surface area contributed by atoms with E-state index in [0.717, 1.165) is 6.07 Å². The number of halogens is 3. The van der Waals surface area contributed by atoms with Gasteiger partial charge in [-0.05, 0) is 18.9 Å². The van der Waals surface area contributed by atoms with Crippen molar-refractivity contribution in [2.45, 2.75) is 24.6 Å². The highest BCUT2D eigenvalue weighted by molar-refractivity contribution is 5.46. The summed E-state index contributed by atoms with van der Waals surface area (Å²) in [5.74, 6) is -0.856. The van der Waals surface area contributed by atoms with E-state index < -0.39 is 23.1 Å². The Morgan fingerprint density at radius 3 is 2.27 bits per heavy atom. The number of hydrogen-bond acceptors (Lipinski definition) is 2. The quantitative estimate of drug-likeness (QED) is 0.759. The lowest BCUT2D eigenvalue weighted by Crippen LogP contribution is -2.10. The van der Waals surface area contributed by atoms with Gasteiger partial charge in [-0.15, -0.1) is 0 Å². The van der Waals surface area contributed by atoms with Gasteiger partial charge in [0.1, 0.15) is 5.75 Å². The van der Waals surface area contributed by atoms with Gasteiger partial charge in [0, 0.05) is 5.56 Å². The van der Waals surface area contributed by atoms with E-state index in [0.29, 0.717) is 12.8 Å². The molecule has 2 N–H and O–H groups in total. The summed E-state index contributed by atoms with van der Waals surface area (Å²) in [6.07, 6.45) is -3.81. The first-order chi connectivity index (χ1) is 6.84. The lowest BCUT2D eigenvalue weighted by atomic mass is 10.0. The number of alkyl halides is 3. The summed E-state index contributed by atoms with van der Waals surface area (Å²) in [4.78, 5) is 0. The first-order valence-electron chi connectivity index (χ1n) is 4.47. The molecule has 0 spiro atoms. The Morgan fingerprint density at radius 2 is 1.80 bits per heavy atom. The lowest BCUT2D eigenvalue weighted by molar-refractivity contribution is -0.138. The Kier molecular flexibility index (Phi) is 1.98. The molecule has 2 rings (SSSR count). The van der Waals surface area contributed by atoms with Crippen molar-refractivity contribution in [2.75, 3.05) is 0 Å². The normalized spacial score (nSPS) is 18.9. The van der Waals surface area contributed by atoms with Crippen LogP contribution in [0.2, 0.25) is 0 Å². The van der Waals surface area contributed by atoms with Crippen LogP contribution < -0.4 is 0 Å². The predicted molar refractivity (Wildman–Crippen MR) is 46.2 cm³/mol. The topological polar surface area (TPSA) is 40.5 Å². The summed E-state index contributed by atoms with van der Waals surface area (Å²) in [5.41, 5.74) is -2.39. The Balaban J connectivity index is 2.51. The fraction of sp³-hybridized carbons (Fsp3) is 0.400. The Bertz CT molecular complexity index is 371. The molecule has 15 heavy (non-hydrogen) atoms. The number of aromatic hydroxyl groups is 1. The van der Waals surface area contributed by atoms with Crippen molar-refractivity contribution in [3.8, 4) is 5.75 Å². The average Bonchev–Trinajstić information content (AvgIpc) is 2.83. The third-order valence-electron chi connectivity index (χ3n) is 2.57. The van der Waals surface area contributed by atoms with Gasteiger partial charge in [-0.1, -0.05) is 12.1 Å². The minimum Gasteiger partial charge on any atom is -0.507 e. The first kappa shape index (κ1) is 10.3. The van der Waals surface area contributed by atoms with Crippen molar-refractivity contribution in [3.63, 3.8) is 0 Å². The highest BCUT2D eigenvalue weighted by Gasteiger charge is 2.46. The van der Waals surface area contributed by atoms with Crippen LogP contribution in [0.3, 0.4) is 0 Å². The minimum atomic E-state index is -4.59. The lowest BCUT2D eigenvalue weighted by Gasteiger charge is -2.15. The van der Waals surface area contributed by atoms with Crippen molar-refractivity contribution < 1.29 is 23.4 Å². The highest BCUT2D eigenvalue weighted by atomic mass is 19.4.